The maximum atomic E-state index is 13.5. The van der Waals surface area contributed by atoms with Crippen LogP contribution in [0.3, 0.4) is 0 Å². The van der Waals surface area contributed by atoms with Gasteiger partial charge in [0.15, 0.2) is 0 Å². The zero-order chi connectivity index (χ0) is 21.2. The van der Waals surface area contributed by atoms with Crippen molar-refractivity contribution in [3.63, 3.8) is 0 Å². The van der Waals surface area contributed by atoms with E-state index in [1.54, 1.807) is 31.2 Å². The van der Waals surface area contributed by atoms with Gasteiger partial charge in [-0.15, -0.1) is 0 Å². The van der Waals surface area contributed by atoms with Crippen molar-refractivity contribution in [1.29, 1.82) is 0 Å². The molecule has 3 aromatic rings. The first-order valence-corrected chi connectivity index (χ1v) is 8.67. The van der Waals surface area contributed by atoms with E-state index in [2.05, 4.69) is 15.6 Å². The molecule has 29 heavy (non-hydrogen) atoms. The Morgan fingerprint density at radius 3 is 2.55 bits per heavy atom. The summed E-state index contributed by atoms with van der Waals surface area (Å²) in [5.74, 6) is 0. The number of oxime groups is 1. The lowest BCUT2D eigenvalue weighted by Crippen LogP contribution is -2.24. The molecule has 0 aliphatic heterocycles. The third-order valence-corrected chi connectivity index (χ3v) is 4.29. The Morgan fingerprint density at radius 2 is 1.93 bits per heavy atom. The van der Waals surface area contributed by atoms with Crippen molar-refractivity contribution in [2.45, 2.75) is 19.7 Å². The van der Waals surface area contributed by atoms with Gasteiger partial charge in [-0.1, -0.05) is 35.0 Å². The molecule has 0 bridgehead atoms. The van der Waals surface area contributed by atoms with Crippen LogP contribution >= 0.6 is 11.6 Å². The first-order valence-electron chi connectivity index (χ1n) is 8.29. The van der Waals surface area contributed by atoms with E-state index in [0.29, 0.717) is 16.3 Å². The van der Waals surface area contributed by atoms with Gasteiger partial charge < -0.3 is 4.84 Å². The summed E-state index contributed by atoms with van der Waals surface area (Å²) in [5, 5.41) is 11.5. The molecule has 0 aliphatic rings. The van der Waals surface area contributed by atoms with Crippen molar-refractivity contribution in [2.75, 3.05) is 0 Å². The van der Waals surface area contributed by atoms with Crippen LogP contribution in [0, 0.1) is 0 Å². The third kappa shape index (κ3) is 4.48. The number of alkyl halides is 3. The van der Waals surface area contributed by atoms with E-state index in [-0.39, 0.29) is 11.3 Å². The second-order valence-electron chi connectivity index (χ2n) is 6.06. The molecular weight excluding hydrogens is 411 g/mol. The molecule has 0 N–H and O–H groups in total. The van der Waals surface area contributed by atoms with Crippen LogP contribution < -0.4 is 5.69 Å². The van der Waals surface area contributed by atoms with Gasteiger partial charge in [0.1, 0.15) is 6.61 Å². The second kappa shape index (κ2) is 8.08. The molecule has 0 saturated carbocycles. The normalized spacial score (nSPS) is 12.3. The van der Waals surface area contributed by atoms with E-state index in [0.717, 1.165) is 15.4 Å². The van der Waals surface area contributed by atoms with E-state index in [9.17, 15) is 18.0 Å². The molecule has 2 aromatic carbocycles. The largest absolute Gasteiger partial charge is 0.416 e. The molecule has 152 valence electrons. The molecule has 0 radical (unpaired) electrons. The molecule has 0 aliphatic carbocycles. The first-order chi connectivity index (χ1) is 13.7. The minimum absolute atomic E-state index is 0.0893. The van der Waals surface area contributed by atoms with Crippen LogP contribution in [0.4, 0.5) is 13.2 Å². The summed E-state index contributed by atoms with van der Waals surface area (Å²) in [6.07, 6.45) is -4.66. The molecule has 0 atom stereocenters. The number of tetrazole rings is 1. The number of hydrogen-bond donors (Lipinski definition) is 0. The van der Waals surface area contributed by atoms with Crippen LogP contribution in [0.1, 0.15) is 23.6 Å². The van der Waals surface area contributed by atoms with Gasteiger partial charge in [0.05, 0.1) is 17.0 Å². The summed E-state index contributed by atoms with van der Waals surface area (Å²) in [7, 11) is 1.34. The van der Waals surface area contributed by atoms with Crippen LogP contribution in [0.25, 0.3) is 5.69 Å². The Morgan fingerprint density at radius 1 is 1.21 bits per heavy atom. The van der Waals surface area contributed by atoms with Crippen molar-refractivity contribution in [3.8, 4) is 5.69 Å². The predicted octanol–water partition coefficient (Wildman–Crippen LogP) is 3.58. The molecule has 0 fully saturated rings. The van der Waals surface area contributed by atoms with Crippen molar-refractivity contribution in [3.05, 3.63) is 74.7 Å². The fourth-order valence-electron chi connectivity index (χ4n) is 2.62. The van der Waals surface area contributed by atoms with E-state index in [1.165, 1.54) is 19.2 Å². The Labute approximate surface area is 167 Å². The molecule has 0 amide bonds. The minimum Gasteiger partial charge on any atom is -0.391 e. The fourth-order valence-corrected chi connectivity index (χ4v) is 2.81. The van der Waals surface area contributed by atoms with Crippen molar-refractivity contribution < 1.29 is 18.0 Å². The quantitative estimate of drug-likeness (QED) is 0.462. The van der Waals surface area contributed by atoms with Gasteiger partial charge in [0.25, 0.3) is 0 Å². The van der Waals surface area contributed by atoms with Crippen LogP contribution in [0.15, 0.2) is 52.4 Å². The molecule has 7 nitrogen and oxygen atoms in total. The average molecular weight is 426 g/mol. The van der Waals surface area contributed by atoms with Gasteiger partial charge >= 0.3 is 11.9 Å². The van der Waals surface area contributed by atoms with E-state index < -0.39 is 24.0 Å². The molecule has 3 rings (SSSR count). The highest BCUT2D eigenvalue weighted by Gasteiger charge is 2.35. The maximum absolute atomic E-state index is 13.5. The van der Waals surface area contributed by atoms with Gasteiger partial charge in [0, 0.05) is 23.2 Å². The Hall–Kier alpha value is -3.14. The summed E-state index contributed by atoms with van der Waals surface area (Å²) < 4.78 is 42.2. The summed E-state index contributed by atoms with van der Waals surface area (Å²) in [6.45, 7) is 1.10. The Bertz CT molecular complexity index is 1120. The Balaban J connectivity index is 1.98. The van der Waals surface area contributed by atoms with Crippen LogP contribution in [-0.4, -0.2) is 25.5 Å². The molecule has 0 saturated heterocycles. The van der Waals surface area contributed by atoms with Crippen molar-refractivity contribution >= 4 is 17.3 Å². The van der Waals surface area contributed by atoms with Gasteiger partial charge in [-0.25, -0.2) is 4.79 Å². The zero-order valence-electron chi connectivity index (χ0n) is 15.3. The number of aryl methyl sites for hydroxylation is 1. The number of benzene rings is 2. The fraction of sp³-hybridized carbons (Fsp3) is 0.222. The molecule has 0 unspecified atom stereocenters. The van der Waals surface area contributed by atoms with Crippen LogP contribution in [0.2, 0.25) is 5.02 Å². The Kier molecular flexibility index (Phi) is 5.73. The standard InChI is InChI=1S/C18H15ClF3N5O2/c1-11(12-5-3-6-13(19)9-12)23-29-10-14-15(18(20,21)22)7-4-8-16(14)27-17(28)26(2)24-25-27/h3-9H,10H2,1-2H3/b23-11+. The van der Waals surface area contributed by atoms with Gasteiger partial charge in [-0.2, -0.15) is 22.5 Å². The number of aromatic nitrogens is 4. The van der Waals surface area contributed by atoms with Crippen LogP contribution in [-0.2, 0) is 24.7 Å². The SMILES string of the molecule is C/C(=N\OCc1c(-n2nnn(C)c2=O)cccc1C(F)(F)F)c1cccc(Cl)c1. The smallest absolute Gasteiger partial charge is 0.391 e. The summed E-state index contributed by atoms with van der Waals surface area (Å²) in [5.41, 5.74) is -0.937. The summed E-state index contributed by atoms with van der Waals surface area (Å²) in [6, 6.07) is 10.2. The van der Waals surface area contributed by atoms with Gasteiger partial charge in [0.2, 0.25) is 0 Å². The average Bonchev–Trinajstić information content (AvgIpc) is 2.99. The lowest BCUT2D eigenvalue weighted by Gasteiger charge is -2.15. The summed E-state index contributed by atoms with van der Waals surface area (Å²) >= 11 is 5.93. The van der Waals surface area contributed by atoms with Crippen molar-refractivity contribution in [1.82, 2.24) is 19.8 Å². The predicted molar refractivity (Wildman–Crippen MR) is 100 cm³/mol. The number of nitrogens with zero attached hydrogens (tertiary/aromatic N) is 5. The van der Waals surface area contributed by atoms with Gasteiger partial charge in [-0.05, 0) is 41.6 Å². The summed E-state index contributed by atoms with van der Waals surface area (Å²) in [4.78, 5) is 17.3. The third-order valence-electron chi connectivity index (χ3n) is 4.06. The number of halogens is 4. The first kappa shape index (κ1) is 20.6. The minimum atomic E-state index is -4.66. The number of hydrogen-bond acceptors (Lipinski definition) is 5. The lowest BCUT2D eigenvalue weighted by atomic mass is 10.1. The monoisotopic (exact) mass is 425 g/mol. The molecular formula is C18H15ClF3N5O2. The number of rotatable bonds is 5. The van der Waals surface area contributed by atoms with Crippen molar-refractivity contribution in [2.24, 2.45) is 12.2 Å². The molecule has 1 heterocycles. The van der Waals surface area contributed by atoms with E-state index in [4.69, 9.17) is 16.4 Å². The highest BCUT2D eigenvalue weighted by Crippen LogP contribution is 2.34. The van der Waals surface area contributed by atoms with E-state index >= 15 is 0 Å². The van der Waals surface area contributed by atoms with E-state index in [1.807, 2.05) is 0 Å². The zero-order valence-corrected chi connectivity index (χ0v) is 16.1. The molecule has 1 aromatic heterocycles. The molecule has 0 spiro atoms. The highest BCUT2D eigenvalue weighted by atomic mass is 35.5. The lowest BCUT2D eigenvalue weighted by molar-refractivity contribution is -0.138. The molecule has 11 heteroatoms. The van der Waals surface area contributed by atoms with Crippen LogP contribution in [0.5, 0.6) is 0 Å². The topological polar surface area (TPSA) is 74.3 Å². The van der Waals surface area contributed by atoms with Gasteiger partial charge in [-0.3, -0.25) is 0 Å². The maximum Gasteiger partial charge on any atom is 0.416 e. The highest BCUT2D eigenvalue weighted by molar-refractivity contribution is 6.31. The second-order valence-corrected chi connectivity index (χ2v) is 6.49.